The highest BCUT2D eigenvalue weighted by molar-refractivity contribution is 5.29. The Morgan fingerprint density at radius 3 is 2.39 bits per heavy atom. The minimum atomic E-state index is -4.65. The molecule has 1 aliphatic heterocycles. The van der Waals surface area contributed by atoms with E-state index in [-0.39, 0.29) is 18.1 Å². The van der Waals surface area contributed by atoms with Crippen molar-refractivity contribution in [3.63, 3.8) is 0 Å². The molecule has 0 N–H and O–H groups in total. The van der Waals surface area contributed by atoms with E-state index in [4.69, 9.17) is 14.2 Å². The van der Waals surface area contributed by atoms with E-state index in [1.54, 1.807) is 12.1 Å². The Balaban J connectivity index is 1.20. The SMILES string of the molecule is CCCC(OCC1CCC2OC2C1)OC1CCC(c2ccc(OC(F)(F)F)cc2)CC1. The zero-order valence-corrected chi connectivity index (χ0v) is 18.1. The number of halogens is 3. The maximum atomic E-state index is 12.3. The predicted octanol–water partition coefficient (Wildman–Crippen LogP) is 6.34. The van der Waals surface area contributed by atoms with Gasteiger partial charge in [0.05, 0.1) is 24.9 Å². The Kier molecular flexibility index (Phi) is 7.44. The van der Waals surface area contributed by atoms with Crippen LogP contribution >= 0.6 is 0 Å². The third kappa shape index (κ3) is 6.83. The fourth-order valence-corrected chi connectivity index (χ4v) is 5.00. The standard InChI is InChI=1S/C24H33F3O4/c1-2-3-23(28-15-16-4-13-21-22(14-16)30-21)29-19-9-5-17(6-10-19)18-7-11-20(12-8-18)31-24(25,26)27/h7-8,11-12,16-17,19,21-23H,2-6,9-10,13-15H2,1H3. The van der Waals surface area contributed by atoms with Gasteiger partial charge in [-0.05, 0) is 80.9 Å². The number of hydrogen-bond donors (Lipinski definition) is 0. The van der Waals surface area contributed by atoms with Crippen LogP contribution in [0.2, 0.25) is 0 Å². The molecule has 0 amide bonds. The van der Waals surface area contributed by atoms with E-state index in [0.29, 0.717) is 24.0 Å². The van der Waals surface area contributed by atoms with E-state index in [0.717, 1.165) is 63.5 Å². The summed E-state index contributed by atoms with van der Waals surface area (Å²) in [5, 5.41) is 0. The molecule has 0 spiro atoms. The fourth-order valence-electron chi connectivity index (χ4n) is 5.00. The highest BCUT2D eigenvalue weighted by atomic mass is 19.4. The van der Waals surface area contributed by atoms with Crippen LogP contribution in [0.25, 0.3) is 0 Å². The molecule has 1 aromatic rings. The highest BCUT2D eigenvalue weighted by Gasteiger charge is 2.44. The lowest BCUT2D eigenvalue weighted by Gasteiger charge is -2.32. The first-order valence-electron chi connectivity index (χ1n) is 11.7. The van der Waals surface area contributed by atoms with Gasteiger partial charge in [-0.15, -0.1) is 13.2 Å². The van der Waals surface area contributed by atoms with Gasteiger partial charge in [-0.25, -0.2) is 0 Å². The van der Waals surface area contributed by atoms with Crippen LogP contribution in [0.1, 0.15) is 76.2 Å². The summed E-state index contributed by atoms with van der Waals surface area (Å²) in [6.07, 6.45) is 5.54. The zero-order chi connectivity index (χ0) is 21.8. The van der Waals surface area contributed by atoms with Gasteiger partial charge >= 0.3 is 6.36 Å². The van der Waals surface area contributed by atoms with Crippen molar-refractivity contribution in [1.82, 2.24) is 0 Å². The van der Waals surface area contributed by atoms with Crippen molar-refractivity contribution in [2.24, 2.45) is 5.92 Å². The third-order valence-electron chi connectivity index (χ3n) is 6.76. The van der Waals surface area contributed by atoms with Gasteiger partial charge in [0.15, 0.2) is 6.29 Å². The van der Waals surface area contributed by atoms with Crippen LogP contribution in [0.5, 0.6) is 5.75 Å². The van der Waals surface area contributed by atoms with Crippen LogP contribution in [-0.4, -0.2) is 37.6 Å². The van der Waals surface area contributed by atoms with E-state index in [9.17, 15) is 13.2 Å². The molecule has 4 unspecified atom stereocenters. The zero-order valence-electron chi connectivity index (χ0n) is 18.1. The summed E-state index contributed by atoms with van der Waals surface area (Å²) in [5.74, 6) is 0.750. The van der Waals surface area contributed by atoms with Crippen molar-refractivity contribution in [3.8, 4) is 5.75 Å². The van der Waals surface area contributed by atoms with E-state index < -0.39 is 6.36 Å². The molecule has 174 valence electrons. The van der Waals surface area contributed by atoms with Gasteiger partial charge in [0.1, 0.15) is 5.75 Å². The number of hydrogen-bond acceptors (Lipinski definition) is 4. The molecule has 3 fully saturated rings. The van der Waals surface area contributed by atoms with Crippen LogP contribution in [0.3, 0.4) is 0 Å². The quantitative estimate of drug-likeness (QED) is 0.331. The second kappa shape index (κ2) is 10.1. The highest BCUT2D eigenvalue weighted by Crippen LogP contribution is 2.40. The molecule has 2 saturated carbocycles. The summed E-state index contributed by atoms with van der Waals surface area (Å²) in [4.78, 5) is 0. The average Bonchev–Trinajstić information content (AvgIpc) is 3.51. The van der Waals surface area contributed by atoms with Crippen LogP contribution in [0, 0.1) is 5.92 Å². The topological polar surface area (TPSA) is 40.2 Å². The smallest absolute Gasteiger partial charge is 0.406 e. The first-order valence-corrected chi connectivity index (χ1v) is 11.7. The molecule has 0 aromatic heterocycles. The summed E-state index contributed by atoms with van der Waals surface area (Å²) in [5.41, 5.74) is 1.06. The fraction of sp³-hybridized carbons (Fsp3) is 0.750. The minimum absolute atomic E-state index is 0.150. The van der Waals surface area contributed by atoms with Gasteiger partial charge in [0.2, 0.25) is 0 Å². The van der Waals surface area contributed by atoms with E-state index >= 15 is 0 Å². The summed E-state index contributed by atoms with van der Waals surface area (Å²) in [6.45, 7) is 2.89. The third-order valence-corrected chi connectivity index (χ3v) is 6.76. The van der Waals surface area contributed by atoms with Crippen LogP contribution in [-0.2, 0) is 14.2 Å². The Bertz CT molecular complexity index is 685. The number of alkyl halides is 3. The van der Waals surface area contributed by atoms with Crippen molar-refractivity contribution < 1.29 is 32.1 Å². The van der Waals surface area contributed by atoms with Gasteiger partial charge in [-0.2, -0.15) is 0 Å². The molecule has 4 atom stereocenters. The first-order chi connectivity index (χ1) is 14.9. The van der Waals surface area contributed by atoms with Gasteiger partial charge in [0.25, 0.3) is 0 Å². The minimum Gasteiger partial charge on any atom is -0.406 e. The predicted molar refractivity (Wildman–Crippen MR) is 110 cm³/mol. The number of epoxide rings is 1. The maximum absolute atomic E-state index is 12.3. The molecule has 1 saturated heterocycles. The normalized spacial score (nSPS) is 31.7. The molecule has 1 aromatic carbocycles. The number of rotatable bonds is 9. The van der Waals surface area contributed by atoms with Crippen molar-refractivity contribution in [2.75, 3.05) is 6.61 Å². The summed E-state index contributed by atoms with van der Waals surface area (Å²) < 4.78 is 59.0. The summed E-state index contributed by atoms with van der Waals surface area (Å²) in [7, 11) is 0. The van der Waals surface area contributed by atoms with Crippen molar-refractivity contribution in [3.05, 3.63) is 29.8 Å². The molecule has 31 heavy (non-hydrogen) atoms. The van der Waals surface area contributed by atoms with Crippen molar-refractivity contribution in [1.29, 1.82) is 0 Å². The molecule has 2 aliphatic carbocycles. The van der Waals surface area contributed by atoms with Crippen LogP contribution < -0.4 is 4.74 Å². The van der Waals surface area contributed by atoms with Crippen molar-refractivity contribution >= 4 is 0 Å². The van der Waals surface area contributed by atoms with E-state index in [2.05, 4.69) is 11.7 Å². The molecule has 0 radical (unpaired) electrons. The van der Waals surface area contributed by atoms with Gasteiger partial charge in [0, 0.05) is 0 Å². The summed E-state index contributed by atoms with van der Waals surface area (Å²) >= 11 is 0. The Morgan fingerprint density at radius 2 is 1.74 bits per heavy atom. The average molecular weight is 443 g/mol. The maximum Gasteiger partial charge on any atom is 0.573 e. The molecule has 7 heteroatoms. The summed E-state index contributed by atoms with van der Waals surface area (Å²) in [6, 6.07) is 6.29. The Morgan fingerprint density at radius 1 is 1.00 bits per heavy atom. The second-order valence-electron chi connectivity index (χ2n) is 9.17. The molecule has 4 rings (SSSR count). The lowest BCUT2D eigenvalue weighted by atomic mass is 9.83. The molecule has 1 heterocycles. The Hall–Kier alpha value is -1.31. The van der Waals surface area contributed by atoms with Crippen LogP contribution in [0.4, 0.5) is 13.2 Å². The lowest BCUT2D eigenvalue weighted by molar-refractivity contribution is -0.274. The molecular weight excluding hydrogens is 409 g/mol. The molecule has 4 nitrogen and oxygen atoms in total. The van der Waals surface area contributed by atoms with Gasteiger partial charge in [-0.3, -0.25) is 0 Å². The Labute approximate surface area is 182 Å². The second-order valence-corrected chi connectivity index (χ2v) is 9.17. The largest absolute Gasteiger partial charge is 0.573 e. The van der Waals surface area contributed by atoms with E-state index in [1.165, 1.54) is 18.6 Å². The van der Waals surface area contributed by atoms with Crippen LogP contribution in [0.15, 0.2) is 24.3 Å². The number of fused-ring (bicyclic) bond motifs is 1. The first kappa shape index (κ1) is 22.9. The van der Waals surface area contributed by atoms with Crippen molar-refractivity contribution in [2.45, 2.75) is 102 Å². The number of ether oxygens (including phenoxy) is 4. The van der Waals surface area contributed by atoms with Gasteiger partial charge in [-0.1, -0.05) is 25.5 Å². The number of benzene rings is 1. The lowest BCUT2D eigenvalue weighted by Crippen LogP contribution is -2.30. The molecule has 0 bridgehead atoms. The van der Waals surface area contributed by atoms with E-state index in [1.807, 2.05) is 0 Å². The molecule has 3 aliphatic rings. The van der Waals surface area contributed by atoms with Gasteiger partial charge < -0.3 is 18.9 Å². The molecular formula is C24H33F3O4. The monoisotopic (exact) mass is 442 g/mol.